The molecule has 2 amide bonds. The number of aliphatic hydroxyl groups excluding tert-OH is 1. The maximum atomic E-state index is 12.8. The van der Waals surface area contributed by atoms with Crippen LogP contribution in [0.5, 0.6) is 0 Å². The van der Waals surface area contributed by atoms with Crippen LogP contribution in [0.25, 0.3) is 11.1 Å². The Hall–Kier alpha value is -4.54. The van der Waals surface area contributed by atoms with Crippen LogP contribution >= 0.6 is 0 Å². The minimum Gasteiger partial charge on any atom is -0.397 e. The van der Waals surface area contributed by atoms with Gasteiger partial charge in [-0.05, 0) is 82.9 Å². The molecule has 5 atom stereocenters. The molecule has 1 aliphatic carbocycles. The van der Waals surface area contributed by atoms with Gasteiger partial charge in [0, 0.05) is 50.5 Å². The van der Waals surface area contributed by atoms with Crippen LogP contribution in [0.15, 0.2) is 97.1 Å². The largest absolute Gasteiger partial charge is 0.397 e. The molecule has 0 aromatic heterocycles. The van der Waals surface area contributed by atoms with E-state index in [4.69, 9.17) is 15.2 Å². The molecule has 3 fully saturated rings. The van der Waals surface area contributed by atoms with Crippen molar-refractivity contribution in [3.63, 3.8) is 0 Å². The van der Waals surface area contributed by atoms with Gasteiger partial charge < -0.3 is 30.9 Å². The number of fused-ring (bicyclic) bond motifs is 2. The van der Waals surface area contributed by atoms with Gasteiger partial charge in [0.05, 0.1) is 30.2 Å². The molecule has 296 valence electrons. The second-order valence-corrected chi connectivity index (χ2v) is 17.4. The molecule has 9 heteroatoms. The minimum absolute atomic E-state index is 0.0113. The number of anilines is 2. The highest BCUT2D eigenvalue weighted by Crippen LogP contribution is 2.53. The number of carbonyl (C=O) groups is 2. The van der Waals surface area contributed by atoms with Crippen LogP contribution in [-0.2, 0) is 32.2 Å². The maximum absolute atomic E-state index is 12.8. The van der Waals surface area contributed by atoms with Gasteiger partial charge in [-0.1, -0.05) is 106 Å². The summed E-state index contributed by atoms with van der Waals surface area (Å²) >= 11 is 0. The van der Waals surface area contributed by atoms with Crippen molar-refractivity contribution in [1.29, 1.82) is 0 Å². The van der Waals surface area contributed by atoms with Gasteiger partial charge in [-0.3, -0.25) is 14.5 Å². The number of para-hydroxylation sites is 2. The quantitative estimate of drug-likeness (QED) is 0.0749. The summed E-state index contributed by atoms with van der Waals surface area (Å²) in [5, 5.41) is 15.6. The normalized spacial score (nSPS) is 24.4. The topological polar surface area (TPSA) is 126 Å². The second-order valence-electron chi connectivity index (χ2n) is 17.4. The fourth-order valence-corrected chi connectivity index (χ4v) is 9.54. The number of rotatable bonds is 14. The SMILES string of the molecule is CC1(C)CC2CC(C)(CN2CC2CC(c3ccc(CO)cc3)OC(c3ccc(-c4ccccc4CNC(=O)CCCCC(=O)Nc4ccccc4N)cc3)O2)C1. The Morgan fingerprint density at radius 3 is 2.29 bits per heavy atom. The third kappa shape index (κ3) is 9.87. The molecule has 4 aromatic carbocycles. The molecular formula is C47H58N4O5. The lowest BCUT2D eigenvalue weighted by atomic mass is 9.65. The Labute approximate surface area is 332 Å². The van der Waals surface area contributed by atoms with E-state index in [1.54, 1.807) is 12.1 Å². The zero-order valence-corrected chi connectivity index (χ0v) is 33.1. The number of nitrogen functional groups attached to an aromatic ring is 1. The molecule has 0 radical (unpaired) electrons. The number of aliphatic hydroxyl groups is 1. The molecule has 5 unspecified atom stereocenters. The zero-order chi connectivity index (χ0) is 39.3. The fourth-order valence-electron chi connectivity index (χ4n) is 9.54. The van der Waals surface area contributed by atoms with Gasteiger partial charge in [0.15, 0.2) is 6.29 Å². The molecule has 2 saturated heterocycles. The Morgan fingerprint density at radius 2 is 1.54 bits per heavy atom. The van der Waals surface area contributed by atoms with Crippen molar-refractivity contribution in [3.05, 3.63) is 119 Å². The highest BCUT2D eigenvalue weighted by molar-refractivity contribution is 5.93. The summed E-state index contributed by atoms with van der Waals surface area (Å²) in [6.07, 6.45) is 5.78. The van der Waals surface area contributed by atoms with E-state index >= 15 is 0 Å². The average molecular weight is 759 g/mol. The lowest BCUT2D eigenvalue weighted by Crippen LogP contribution is -2.42. The van der Waals surface area contributed by atoms with E-state index in [1.807, 2.05) is 42.5 Å². The number of hydrogen-bond donors (Lipinski definition) is 4. The standard InChI is InChI=1S/C47H58N4O5/c1-46(2)25-37-26-47(3,30-46)31-51(37)28-38-24-42(34-18-16-32(29-52)17-19-34)56-45(55-38)35-22-20-33(21-23-35)39-11-5-4-10-36(39)27-49-43(53)14-8-9-15-44(54)50-41-13-7-6-12-40(41)48/h4-7,10-13,16-23,37-38,42,45,52H,8-9,14-15,24-31,48H2,1-3H3,(H,49,53)(H,50,54). The van der Waals surface area contributed by atoms with Crippen LogP contribution in [0.1, 0.15) is 107 Å². The Balaban J connectivity index is 0.971. The molecule has 9 nitrogen and oxygen atoms in total. The van der Waals surface area contributed by atoms with E-state index in [0.29, 0.717) is 60.5 Å². The van der Waals surface area contributed by atoms with Crippen LogP contribution in [0.4, 0.5) is 11.4 Å². The first-order valence-corrected chi connectivity index (χ1v) is 20.3. The Kier molecular flexibility index (Phi) is 12.3. The average Bonchev–Trinajstić information content (AvgIpc) is 3.43. The lowest BCUT2D eigenvalue weighted by Gasteiger charge is -2.41. The van der Waals surface area contributed by atoms with Gasteiger partial charge in [0.25, 0.3) is 0 Å². The predicted molar refractivity (Wildman–Crippen MR) is 221 cm³/mol. The molecule has 2 aliphatic heterocycles. The summed E-state index contributed by atoms with van der Waals surface area (Å²) in [5.41, 5.74) is 13.8. The Bertz CT molecular complexity index is 1960. The summed E-state index contributed by atoms with van der Waals surface area (Å²) < 4.78 is 13.5. The van der Waals surface area contributed by atoms with Crippen LogP contribution in [0.2, 0.25) is 0 Å². The molecule has 5 N–H and O–H groups in total. The van der Waals surface area contributed by atoms with Crippen molar-refractivity contribution in [2.24, 2.45) is 10.8 Å². The highest BCUT2D eigenvalue weighted by atomic mass is 16.7. The van der Waals surface area contributed by atoms with Crippen LogP contribution in [0.3, 0.4) is 0 Å². The molecule has 7 rings (SSSR count). The number of likely N-dealkylation sites (tertiary alicyclic amines) is 1. The number of nitrogens with one attached hydrogen (secondary N) is 2. The fraction of sp³-hybridized carbons (Fsp3) is 0.447. The molecule has 56 heavy (non-hydrogen) atoms. The lowest BCUT2D eigenvalue weighted by molar-refractivity contribution is -0.253. The number of ether oxygens (including phenoxy) is 2. The molecular weight excluding hydrogens is 701 g/mol. The van der Waals surface area contributed by atoms with Crippen molar-refractivity contribution < 1.29 is 24.2 Å². The predicted octanol–water partition coefficient (Wildman–Crippen LogP) is 8.69. The van der Waals surface area contributed by atoms with E-state index in [0.717, 1.165) is 52.9 Å². The van der Waals surface area contributed by atoms with Crippen molar-refractivity contribution in [1.82, 2.24) is 10.2 Å². The van der Waals surface area contributed by atoms with Gasteiger partial charge in [-0.15, -0.1) is 0 Å². The maximum Gasteiger partial charge on any atom is 0.224 e. The number of unbranched alkanes of at least 4 members (excludes halogenated alkanes) is 1. The third-order valence-corrected chi connectivity index (χ3v) is 11.9. The first-order valence-electron chi connectivity index (χ1n) is 20.3. The molecule has 0 spiro atoms. The highest BCUT2D eigenvalue weighted by Gasteiger charge is 2.50. The number of nitrogens with zero attached hydrogens (tertiary/aromatic N) is 1. The van der Waals surface area contributed by atoms with Crippen molar-refractivity contribution in [2.45, 2.75) is 110 Å². The Morgan fingerprint density at radius 1 is 0.839 bits per heavy atom. The number of benzene rings is 4. The van der Waals surface area contributed by atoms with Crippen LogP contribution in [-0.4, -0.2) is 47.1 Å². The van der Waals surface area contributed by atoms with Crippen LogP contribution in [0, 0.1) is 10.8 Å². The number of amides is 2. The van der Waals surface area contributed by atoms with Gasteiger partial charge in [0.2, 0.25) is 11.8 Å². The molecule has 2 heterocycles. The summed E-state index contributed by atoms with van der Waals surface area (Å²) in [5.74, 6) is -0.152. The van der Waals surface area contributed by atoms with E-state index in [-0.39, 0.29) is 30.6 Å². The van der Waals surface area contributed by atoms with Crippen molar-refractivity contribution >= 4 is 23.2 Å². The van der Waals surface area contributed by atoms with Gasteiger partial charge >= 0.3 is 0 Å². The third-order valence-electron chi connectivity index (χ3n) is 11.9. The van der Waals surface area contributed by atoms with Gasteiger partial charge in [-0.25, -0.2) is 0 Å². The summed E-state index contributed by atoms with van der Waals surface area (Å²) in [7, 11) is 0. The zero-order valence-electron chi connectivity index (χ0n) is 33.1. The molecule has 1 saturated carbocycles. The van der Waals surface area contributed by atoms with Gasteiger partial charge in [-0.2, -0.15) is 0 Å². The summed E-state index contributed by atoms with van der Waals surface area (Å²) in [6.45, 7) is 9.73. The smallest absolute Gasteiger partial charge is 0.224 e. The monoisotopic (exact) mass is 758 g/mol. The number of nitrogens with two attached hydrogens (primary N) is 1. The van der Waals surface area contributed by atoms with E-state index in [2.05, 4.69) is 78.8 Å². The van der Waals surface area contributed by atoms with Crippen molar-refractivity contribution in [3.8, 4) is 11.1 Å². The van der Waals surface area contributed by atoms with Crippen molar-refractivity contribution in [2.75, 3.05) is 24.1 Å². The van der Waals surface area contributed by atoms with Crippen LogP contribution < -0.4 is 16.4 Å². The van der Waals surface area contributed by atoms with E-state index in [9.17, 15) is 14.7 Å². The minimum atomic E-state index is -0.517. The molecule has 2 bridgehead atoms. The molecule has 4 aromatic rings. The van der Waals surface area contributed by atoms with E-state index in [1.165, 1.54) is 19.3 Å². The first kappa shape index (κ1) is 39.7. The van der Waals surface area contributed by atoms with Gasteiger partial charge in [0.1, 0.15) is 0 Å². The summed E-state index contributed by atoms with van der Waals surface area (Å²) in [4.78, 5) is 27.8. The molecule has 3 aliphatic rings. The second kappa shape index (κ2) is 17.3. The number of hydrogen-bond acceptors (Lipinski definition) is 7. The first-order chi connectivity index (χ1) is 27.0. The van der Waals surface area contributed by atoms with E-state index < -0.39 is 6.29 Å². The summed E-state index contributed by atoms with van der Waals surface area (Å²) in [6, 6.07) is 32.4. The number of carbonyl (C=O) groups excluding carboxylic acids is 2.